The summed E-state index contributed by atoms with van der Waals surface area (Å²) in [5.74, 6) is 0.938. The van der Waals surface area contributed by atoms with Gasteiger partial charge >= 0.3 is 0 Å². The van der Waals surface area contributed by atoms with Gasteiger partial charge in [-0.25, -0.2) is 4.98 Å². The standard InChI is InChI=1S/C20H23N5O3/c1-5-16-14(4)21-20(23-19(16)27)25-17(10-13(3)24-25)22-18(26)11-28-15-8-6-7-12(2)9-15/h6-10H,5,11H2,1-4H3,(H,22,26)(H,21,23,27). The van der Waals surface area contributed by atoms with E-state index in [2.05, 4.69) is 20.4 Å². The molecule has 3 rings (SSSR count). The summed E-state index contributed by atoms with van der Waals surface area (Å²) in [5.41, 5.74) is 2.78. The number of H-pyrrole nitrogens is 1. The fraction of sp³-hybridized carbons (Fsp3) is 0.300. The third kappa shape index (κ3) is 4.28. The van der Waals surface area contributed by atoms with E-state index in [0.29, 0.717) is 34.9 Å². The molecule has 8 nitrogen and oxygen atoms in total. The van der Waals surface area contributed by atoms with Crippen LogP contribution in [-0.2, 0) is 11.2 Å². The normalized spacial score (nSPS) is 10.7. The van der Waals surface area contributed by atoms with Gasteiger partial charge in [-0.15, -0.1) is 0 Å². The van der Waals surface area contributed by atoms with Crippen LogP contribution < -0.4 is 15.6 Å². The predicted octanol–water partition coefficient (Wildman–Crippen LogP) is 2.46. The summed E-state index contributed by atoms with van der Waals surface area (Å²) in [4.78, 5) is 31.7. The number of hydrogen-bond acceptors (Lipinski definition) is 5. The van der Waals surface area contributed by atoms with Crippen molar-refractivity contribution in [3.8, 4) is 11.7 Å². The largest absolute Gasteiger partial charge is 0.484 e. The van der Waals surface area contributed by atoms with Crippen molar-refractivity contribution in [1.82, 2.24) is 19.7 Å². The monoisotopic (exact) mass is 381 g/mol. The van der Waals surface area contributed by atoms with Gasteiger partial charge in [0.2, 0.25) is 5.95 Å². The lowest BCUT2D eigenvalue weighted by Gasteiger charge is -2.10. The van der Waals surface area contributed by atoms with E-state index in [9.17, 15) is 9.59 Å². The Bertz CT molecular complexity index is 1070. The number of amides is 1. The van der Waals surface area contributed by atoms with Gasteiger partial charge in [0.05, 0.1) is 5.69 Å². The van der Waals surface area contributed by atoms with Gasteiger partial charge in [-0.05, 0) is 44.9 Å². The number of aryl methyl sites for hydroxylation is 3. The second-order valence-electron chi connectivity index (χ2n) is 6.54. The highest BCUT2D eigenvalue weighted by atomic mass is 16.5. The van der Waals surface area contributed by atoms with E-state index in [1.165, 1.54) is 4.68 Å². The fourth-order valence-electron chi connectivity index (χ4n) is 2.90. The number of anilines is 1. The number of aromatic nitrogens is 4. The minimum absolute atomic E-state index is 0.147. The number of carbonyl (C=O) groups excluding carboxylic acids is 1. The van der Waals surface area contributed by atoms with Crippen LogP contribution in [-0.4, -0.2) is 32.3 Å². The summed E-state index contributed by atoms with van der Waals surface area (Å²) in [5, 5.41) is 7.09. The fourth-order valence-corrected chi connectivity index (χ4v) is 2.90. The first-order valence-electron chi connectivity index (χ1n) is 9.03. The molecule has 0 unspecified atom stereocenters. The summed E-state index contributed by atoms with van der Waals surface area (Å²) in [6.07, 6.45) is 0.590. The Hall–Kier alpha value is -3.42. The molecule has 28 heavy (non-hydrogen) atoms. The molecule has 146 valence electrons. The highest BCUT2D eigenvalue weighted by Crippen LogP contribution is 2.16. The lowest BCUT2D eigenvalue weighted by atomic mass is 10.2. The number of nitrogens with zero attached hydrogens (tertiary/aromatic N) is 3. The zero-order valence-electron chi connectivity index (χ0n) is 16.4. The molecule has 0 aliphatic carbocycles. The van der Waals surface area contributed by atoms with Gasteiger partial charge in [0.1, 0.15) is 11.6 Å². The van der Waals surface area contributed by atoms with Crippen molar-refractivity contribution in [2.24, 2.45) is 0 Å². The van der Waals surface area contributed by atoms with Crippen molar-refractivity contribution in [3.63, 3.8) is 0 Å². The summed E-state index contributed by atoms with van der Waals surface area (Å²) in [6, 6.07) is 9.17. The van der Waals surface area contributed by atoms with Crippen LogP contribution in [0, 0.1) is 20.8 Å². The van der Waals surface area contributed by atoms with Gasteiger partial charge in [-0.3, -0.25) is 14.6 Å². The molecule has 0 spiro atoms. The average Bonchev–Trinajstić information content (AvgIpc) is 3.00. The molecule has 0 fully saturated rings. The lowest BCUT2D eigenvalue weighted by molar-refractivity contribution is -0.118. The molecule has 0 bridgehead atoms. The second-order valence-corrected chi connectivity index (χ2v) is 6.54. The van der Waals surface area contributed by atoms with Crippen LogP contribution in [0.5, 0.6) is 5.75 Å². The Labute approximate surface area is 162 Å². The van der Waals surface area contributed by atoms with Gasteiger partial charge in [-0.1, -0.05) is 19.1 Å². The number of benzene rings is 1. The van der Waals surface area contributed by atoms with E-state index in [1.54, 1.807) is 26.0 Å². The van der Waals surface area contributed by atoms with Gasteiger partial charge in [0.25, 0.3) is 11.5 Å². The van der Waals surface area contributed by atoms with Crippen LogP contribution in [0.25, 0.3) is 5.95 Å². The molecule has 8 heteroatoms. The minimum atomic E-state index is -0.341. The Morgan fingerprint density at radius 3 is 2.71 bits per heavy atom. The average molecular weight is 381 g/mol. The molecule has 2 heterocycles. The van der Waals surface area contributed by atoms with Crippen molar-refractivity contribution in [3.05, 3.63) is 63.2 Å². The molecule has 3 aromatic rings. The Morgan fingerprint density at radius 1 is 1.25 bits per heavy atom. The lowest BCUT2D eigenvalue weighted by Crippen LogP contribution is -2.24. The van der Waals surface area contributed by atoms with Crippen molar-refractivity contribution < 1.29 is 9.53 Å². The molecule has 0 atom stereocenters. The maximum absolute atomic E-state index is 12.3. The third-order valence-electron chi connectivity index (χ3n) is 4.22. The Balaban J connectivity index is 1.79. The quantitative estimate of drug-likeness (QED) is 0.683. The van der Waals surface area contributed by atoms with Crippen LogP contribution in [0.3, 0.4) is 0 Å². The summed E-state index contributed by atoms with van der Waals surface area (Å²) in [6.45, 7) is 7.28. The van der Waals surface area contributed by atoms with E-state index >= 15 is 0 Å². The highest BCUT2D eigenvalue weighted by molar-refractivity contribution is 5.91. The molecule has 1 aromatic carbocycles. The van der Waals surface area contributed by atoms with Crippen LogP contribution in [0.1, 0.15) is 29.4 Å². The Morgan fingerprint density at radius 2 is 2.04 bits per heavy atom. The molecule has 2 aromatic heterocycles. The van der Waals surface area contributed by atoms with Crippen molar-refractivity contribution in [2.45, 2.75) is 34.1 Å². The number of hydrogen-bond donors (Lipinski definition) is 2. The Kier molecular flexibility index (Phi) is 5.58. The first-order valence-corrected chi connectivity index (χ1v) is 9.03. The molecular formula is C20H23N5O3. The summed E-state index contributed by atoms with van der Waals surface area (Å²) < 4.78 is 6.94. The number of nitrogens with one attached hydrogen (secondary N) is 2. The smallest absolute Gasteiger partial charge is 0.263 e. The molecule has 0 saturated heterocycles. The van der Waals surface area contributed by atoms with Gasteiger partial charge in [-0.2, -0.15) is 9.78 Å². The molecule has 0 aliphatic heterocycles. The van der Waals surface area contributed by atoms with Crippen LogP contribution in [0.2, 0.25) is 0 Å². The van der Waals surface area contributed by atoms with Crippen molar-refractivity contribution in [1.29, 1.82) is 0 Å². The van der Waals surface area contributed by atoms with Gasteiger partial charge in [0.15, 0.2) is 6.61 Å². The topological polar surface area (TPSA) is 102 Å². The number of aromatic amines is 1. The van der Waals surface area contributed by atoms with Gasteiger partial charge in [0, 0.05) is 17.3 Å². The third-order valence-corrected chi connectivity index (χ3v) is 4.22. The SMILES string of the molecule is CCc1c(C)nc(-n2nc(C)cc2NC(=O)COc2cccc(C)c2)[nH]c1=O. The highest BCUT2D eigenvalue weighted by Gasteiger charge is 2.15. The number of carbonyl (C=O) groups is 1. The van der Waals surface area contributed by atoms with E-state index in [1.807, 2.05) is 32.0 Å². The first-order chi connectivity index (χ1) is 13.4. The molecule has 1 amide bonds. The van der Waals surface area contributed by atoms with Crippen molar-refractivity contribution in [2.75, 3.05) is 11.9 Å². The van der Waals surface area contributed by atoms with Crippen LogP contribution in [0.15, 0.2) is 35.1 Å². The minimum Gasteiger partial charge on any atom is -0.484 e. The van der Waals surface area contributed by atoms with E-state index in [4.69, 9.17) is 4.74 Å². The van der Waals surface area contributed by atoms with Crippen molar-refractivity contribution >= 4 is 11.7 Å². The van der Waals surface area contributed by atoms with Crippen LogP contribution in [0.4, 0.5) is 5.82 Å². The van der Waals surface area contributed by atoms with E-state index in [-0.39, 0.29) is 24.0 Å². The molecular weight excluding hydrogens is 358 g/mol. The molecule has 0 radical (unpaired) electrons. The van der Waals surface area contributed by atoms with Crippen LogP contribution >= 0.6 is 0 Å². The first kappa shape index (κ1) is 19.3. The zero-order chi connectivity index (χ0) is 20.3. The summed E-state index contributed by atoms with van der Waals surface area (Å²) in [7, 11) is 0. The maximum atomic E-state index is 12.3. The van der Waals surface area contributed by atoms with E-state index in [0.717, 1.165) is 5.56 Å². The number of ether oxygens (including phenoxy) is 1. The molecule has 0 aliphatic rings. The molecule has 2 N–H and O–H groups in total. The second kappa shape index (κ2) is 8.08. The zero-order valence-corrected chi connectivity index (χ0v) is 16.4. The summed E-state index contributed by atoms with van der Waals surface area (Å²) >= 11 is 0. The molecule has 0 saturated carbocycles. The van der Waals surface area contributed by atoms with E-state index < -0.39 is 0 Å². The number of rotatable bonds is 6. The predicted molar refractivity (Wildman–Crippen MR) is 106 cm³/mol. The maximum Gasteiger partial charge on any atom is 0.263 e. The van der Waals surface area contributed by atoms with Gasteiger partial charge < -0.3 is 10.1 Å².